The summed E-state index contributed by atoms with van der Waals surface area (Å²) >= 11 is 0. The molecule has 0 saturated heterocycles. The molecule has 0 aromatic carbocycles. The van der Waals surface area contributed by atoms with Gasteiger partial charge in [-0.3, -0.25) is 9.69 Å². The van der Waals surface area contributed by atoms with Gasteiger partial charge in [-0.25, -0.2) is 0 Å². The second kappa shape index (κ2) is 4.51. The monoisotopic (exact) mass is 223 g/mol. The summed E-state index contributed by atoms with van der Waals surface area (Å²) < 4.78 is 36.5. The molecule has 0 aromatic rings. The lowest BCUT2D eigenvalue weighted by atomic mass is 10.2. The van der Waals surface area contributed by atoms with Crippen LogP contribution in [0.5, 0.6) is 0 Å². The second-order valence-corrected chi connectivity index (χ2v) is 4.35. The topological polar surface area (TPSA) is 20.3 Å². The summed E-state index contributed by atoms with van der Waals surface area (Å²) in [5.74, 6) is -0.0209. The van der Waals surface area contributed by atoms with Crippen molar-refractivity contribution in [3.05, 3.63) is 0 Å². The van der Waals surface area contributed by atoms with Crippen LogP contribution >= 0.6 is 0 Å². The lowest BCUT2D eigenvalue weighted by molar-refractivity contribution is -0.152. The van der Waals surface area contributed by atoms with Crippen molar-refractivity contribution in [1.82, 2.24) is 4.90 Å². The van der Waals surface area contributed by atoms with Gasteiger partial charge in [-0.2, -0.15) is 13.2 Å². The number of rotatable bonds is 5. The van der Waals surface area contributed by atoms with Crippen LogP contribution in [0.4, 0.5) is 13.2 Å². The van der Waals surface area contributed by atoms with Gasteiger partial charge in [0.2, 0.25) is 0 Å². The summed E-state index contributed by atoms with van der Waals surface area (Å²) in [6.07, 6.45) is -2.54. The SMILES string of the molecule is CC(C)N(CC(=O)C1CC1)CC(F)(F)F. The average Bonchev–Trinajstić information content (AvgIpc) is 2.81. The summed E-state index contributed by atoms with van der Waals surface area (Å²) in [5.41, 5.74) is 0. The summed E-state index contributed by atoms with van der Waals surface area (Å²) in [5, 5.41) is 0. The summed E-state index contributed by atoms with van der Waals surface area (Å²) in [6.45, 7) is 2.28. The maximum atomic E-state index is 12.2. The molecule has 0 bridgehead atoms. The van der Waals surface area contributed by atoms with Gasteiger partial charge >= 0.3 is 6.18 Å². The molecule has 15 heavy (non-hydrogen) atoms. The second-order valence-electron chi connectivity index (χ2n) is 4.35. The molecule has 0 radical (unpaired) electrons. The quantitative estimate of drug-likeness (QED) is 0.712. The Morgan fingerprint density at radius 3 is 2.27 bits per heavy atom. The molecular weight excluding hydrogens is 207 g/mol. The molecule has 88 valence electrons. The van der Waals surface area contributed by atoms with Crippen LogP contribution in [0, 0.1) is 5.92 Å². The molecule has 1 aliphatic rings. The standard InChI is InChI=1S/C10H16F3NO/c1-7(2)14(6-10(11,12)13)5-9(15)8-3-4-8/h7-8H,3-6H2,1-2H3. The molecule has 1 aliphatic carbocycles. The van der Waals surface area contributed by atoms with Gasteiger partial charge in [0, 0.05) is 12.0 Å². The highest BCUT2D eigenvalue weighted by atomic mass is 19.4. The van der Waals surface area contributed by atoms with Gasteiger partial charge in [0.05, 0.1) is 13.1 Å². The van der Waals surface area contributed by atoms with E-state index in [1.54, 1.807) is 13.8 Å². The number of ketones is 1. The van der Waals surface area contributed by atoms with E-state index < -0.39 is 12.7 Å². The van der Waals surface area contributed by atoms with Crippen LogP contribution in [0.25, 0.3) is 0 Å². The number of carbonyl (C=O) groups excluding carboxylic acids is 1. The van der Waals surface area contributed by atoms with Crippen LogP contribution < -0.4 is 0 Å². The number of alkyl halides is 3. The molecule has 1 saturated carbocycles. The minimum absolute atomic E-state index is 0.0273. The van der Waals surface area contributed by atoms with Crippen LogP contribution in [-0.2, 0) is 4.79 Å². The molecule has 5 heteroatoms. The molecule has 0 heterocycles. The number of carbonyl (C=O) groups is 1. The fourth-order valence-corrected chi connectivity index (χ4v) is 1.39. The van der Waals surface area contributed by atoms with E-state index in [9.17, 15) is 18.0 Å². The number of hydrogen-bond acceptors (Lipinski definition) is 2. The van der Waals surface area contributed by atoms with E-state index in [4.69, 9.17) is 0 Å². The van der Waals surface area contributed by atoms with Crippen LogP contribution in [0.2, 0.25) is 0 Å². The number of nitrogens with zero attached hydrogens (tertiary/aromatic N) is 1. The molecule has 1 fully saturated rings. The first-order valence-corrected chi connectivity index (χ1v) is 5.13. The smallest absolute Gasteiger partial charge is 0.298 e. The molecule has 0 amide bonds. The van der Waals surface area contributed by atoms with E-state index in [-0.39, 0.29) is 24.3 Å². The van der Waals surface area contributed by atoms with Crippen molar-refractivity contribution in [1.29, 1.82) is 0 Å². The van der Waals surface area contributed by atoms with Gasteiger partial charge in [-0.1, -0.05) is 0 Å². The molecule has 0 spiro atoms. The average molecular weight is 223 g/mol. The van der Waals surface area contributed by atoms with Gasteiger partial charge in [0.25, 0.3) is 0 Å². The Morgan fingerprint density at radius 1 is 1.40 bits per heavy atom. The Morgan fingerprint density at radius 2 is 1.93 bits per heavy atom. The lowest BCUT2D eigenvalue weighted by Crippen LogP contribution is -2.42. The van der Waals surface area contributed by atoms with Crippen molar-refractivity contribution in [2.45, 2.75) is 38.9 Å². The van der Waals surface area contributed by atoms with Gasteiger partial charge in [0.1, 0.15) is 5.78 Å². The Kier molecular flexibility index (Phi) is 3.76. The maximum absolute atomic E-state index is 12.2. The normalized spacial score (nSPS) is 17.5. The molecule has 1 rings (SSSR count). The van der Waals surface area contributed by atoms with Crippen LogP contribution in [0.1, 0.15) is 26.7 Å². The Bertz CT molecular complexity index is 233. The molecule has 0 N–H and O–H groups in total. The van der Waals surface area contributed by atoms with Crippen molar-refractivity contribution in [3.8, 4) is 0 Å². The predicted molar refractivity (Wildman–Crippen MR) is 50.5 cm³/mol. The highest BCUT2D eigenvalue weighted by Crippen LogP contribution is 2.30. The third-order valence-electron chi connectivity index (χ3n) is 2.50. The van der Waals surface area contributed by atoms with E-state index >= 15 is 0 Å². The lowest BCUT2D eigenvalue weighted by Gasteiger charge is -2.26. The molecule has 0 atom stereocenters. The highest BCUT2D eigenvalue weighted by molar-refractivity contribution is 5.85. The Balaban J connectivity index is 2.46. The first-order chi connectivity index (χ1) is 6.79. The fourth-order valence-electron chi connectivity index (χ4n) is 1.39. The van der Waals surface area contributed by atoms with Gasteiger partial charge < -0.3 is 0 Å². The summed E-state index contributed by atoms with van der Waals surface area (Å²) in [4.78, 5) is 12.6. The minimum Gasteiger partial charge on any atom is -0.298 e. The van der Waals surface area contributed by atoms with Gasteiger partial charge in [-0.05, 0) is 26.7 Å². The predicted octanol–water partition coefficient (Wildman–Crippen LogP) is 2.24. The molecule has 2 nitrogen and oxygen atoms in total. The number of hydrogen-bond donors (Lipinski definition) is 0. The van der Waals surface area contributed by atoms with Crippen LogP contribution in [-0.4, -0.2) is 36.0 Å². The van der Waals surface area contributed by atoms with E-state index in [0.717, 1.165) is 12.8 Å². The van der Waals surface area contributed by atoms with Crippen LogP contribution in [0.3, 0.4) is 0 Å². The largest absolute Gasteiger partial charge is 0.401 e. The van der Waals surface area contributed by atoms with Crippen molar-refractivity contribution >= 4 is 5.78 Å². The first kappa shape index (κ1) is 12.5. The summed E-state index contributed by atoms with van der Waals surface area (Å²) in [6, 6.07) is -0.255. The zero-order chi connectivity index (χ0) is 11.6. The van der Waals surface area contributed by atoms with Gasteiger partial charge in [0.15, 0.2) is 0 Å². The van der Waals surface area contributed by atoms with Crippen LogP contribution in [0.15, 0.2) is 0 Å². The zero-order valence-corrected chi connectivity index (χ0v) is 8.97. The first-order valence-electron chi connectivity index (χ1n) is 5.13. The third-order valence-corrected chi connectivity index (χ3v) is 2.50. The number of halogens is 3. The van der Waals surface area contributed by atoms with E-state index in [1.807, 2.05) is 0 Å². The maximum Gasteiger partial charge on any atom is 0.401 e. The molecule has 0 unspecified atom stereocenters. The van der Waals surface area contributed by atoms with Crippen molar-refractivity contribution in [3.63, 3.8) is 0 Å². The highest BCUT2D eigenvalue weighted by Gasteiger charge is 2.35. The molecular formula is C10H16F3NO. The van der Waals surface area contributed by atoms with Crippen molar-refractivity contribution in [2.24, 2.45) is 5.92 Å². The van der Waals surface area contributed by atoms with Crippen molar-refractivity contribution in [2.75, 3.05) is 13.1 Å². The van der Waals surface area contributed by atoms with E-state index in [1.165, 1.54) is 4.90 Å². The van der Waals surface area contributed by atoms with E-state index in [2.05, 4.69) is 0 Å². The summed E-state index contributed by atoms with van der Waals surface area (Å²) in [7, 11) is 0. The van der Waals surface area contributed by atoms with E-state index in [0.29, 0.717) is 0 Å². The molecule has 0 aromatic heterocycles. The zero-order valence-electron chi connectivity index (χ0n) is 8.97. The Hall–Kier alpha value is -0.580. The Labute approximate surface area is 87.4 Å². The fraction of sp³-hybridized carbons (Fsp3) is 0.900. The minimum atomic E-state index is -4.23. The molecule has 0 aliphatic heterocycles. The third kappa shape index (κ3) is 4.64. The number of Topliss-reactive ketones (excluding diaryl/α,β-unsaturated/α-hetero) is 1. The van der Waals surface area contributed by atoms with Crippen molar-refractivity contribution < 1.29 is 18.0 Å². The van der Waals surface area contributed by atoms with Gasteiger partial charge in [-0.15, -0.1) is 0 Å².